The van der Waals surface area contributed by atoms with E-state index >= 15 is 0 Å². The van der Waals surface area contributed by atoms with Gasteiger partial charge in [0.05, 0.1) is 5.56 Å². The van der Waals surface area contributed by atoms with Gasteiger partial charge in [-0.15, -0.1) is 0 Å². The van der Waals surface area contributed by atoms with Crippen molar-refractivity contribution in [1.29, 1.82) is 0 Å². The van der Waals surface area contributed by atoms with Crippen LogP contribution < -0.4 is 5.32 Å². The summed E-state index contributed by atoms with van der Waals surface area (Å²) < 4.78 is 13.5. The predicted octanol–water partition coefficient (Wildman–Crippen LogP) is 6.12. The van der Waals surface area contributed by atoms with E-state index in [0.29, 0.717) is 37.2 Å². The molecule has 42 heavy (non-hydrogen) atoms. The molecule has 2 unspecified atom stereocenters. The third-order valence-corrected chi connectivity index (χ3v) is 8.55. The first-order valence-electron chi connectivity index (χ1n) is 14.2. The summed E-state index contributed by atoms with van der Waals surface area (Å²) in [7, 11) is 0. The maximum Gasteiger partial charge on any atom is 0.335 e. The SMILES string of the molecule is Cc1c(C(=O)O)cccc1-c1ccc(CNC(=O)C2CC2c2ccccc2)c2c1CCN(C(=O)c1ccc(F)cc1)C2. The number of amides is 2. The number of carbonyl (C=O) groups excluding carboxylic acids is 2. The van der Waals surface area contributed by atoms with E-state index < -0.39 is 11.8 Å². The fourth-order valence-corrected chi connectivity index (χ4v) is 6.13. The maximum atomic E-state index is 13.5. The number of hydrogen-bond donors (Lipinski definition) is 2. The van der Waals surface area contributed by atoms with Crippen molar-refractivity contribution in [2.75, 3.05) is 6.54 Å². The number of carboxylic acids is 1. The molecule has 2 aliphatic rings. The molecule has 1 saturated carbocycles. The molecule has 1 aliphatic heterocycles. The molecular weight excluding hydrogens is 531 g/mol. The van der Waals surface area contributed by atoms with E-state index in [1.165, 1.54) is 29.8 Å². The number of carboxylic acid groups (broad SMARTS) is 1. The van der Waals surface area contributed by atoms with Crippen LogP contribution in [0.3, 0.4) is 0 Å². The van der Waals surface area contributed by atoms with Crippen molar-refractivity contribution < 1.29 is 23.9 Å². The third-order valence-electron chi connectivity index (χ3n) is 8.55. The van der Waals surface area contributed by atoms with E-state index in [1.54, 1.807) is 17.0 Å². The molecule has 6 rings (SSSR count). The number of aromatic carboxylic acids is 1. The van der Waals surface area contributed by atoms with Gasteiger partial charge >= 0.3 is 5.97 Å². The molecule has 0 spiro atoms. The van der Waals surface area contributed by atoms with Crippen LogP contribution in [-0.2, 0) is 24.3 Å². The summed E-state index contributed by atoms with van der Waals surface area (Å²) in [5.74, 6) is -1.37. The number of fused-ring (bicyclic) bond motifs is 1. The van der Waals surface area contributed by atoms with Gasteiger partial charge in [0.25, 0.3) is 5.91 Å². The second-order valence-electron chi connectivity index (χ2n) is 11.1. The lowest BCUT2D eigenvalue weighted by Gasteiger charge is -2.32. The standard InChI is InChI=1S/C35H31FN2O4/c1-21-26(8-5-9-27(21)35(41)42)28-15-12-24(19-37-33(39)31-18-30(31)22-6-3-2-4-7-22)32-20-38(17-16-29(28)32)34(40)23-10-13-25(36)14-11-23/h2-15,30-31H,16-20H2,1H3,(H,37,39)(H,41,42). The zero-order valence-corrected chi connectivity index (χ0v) is 23.3. The summed E-state index contributed by atoms with van der Waals surface area (Å²) in [6.45, 7) is 2.93. The smallest absolute Gasteiger partial charge is 0.335 e. The molecule has 2 atom stereocenters. The minimum Gasteiger partial charge on any atom is -0.478 e. The Morgan fingerprint density at radius 1 is 0.905 bits per heavy atom. The first-order valence-corrected chi connectivity index (χ1v) is 14.2. The van der Waals surface area contributed by atoms with Crippen molar-refractivity contribution in [2.45, 2.75) is 38.8 Å². The summed E-state index contributed by atoms with van der Waals surface area (Å²) >= 11 is 0. The van der Waals surface area contributed by atoms with Gasteiger partial charge in [-0.2, -0.15) is 0 Å². The maximum absolute atomic E-state index is 13.5. The van der Waals surface area contributed by atoms with Crippen LogP contribution in [0.2, 0.25) is 0 Å². The highest BCUT2D eigenvalue weighted by Gasteiger charge is 2.43. The molecule has 6 nitrogen and oxygen atoms in total. The van der Waals surface area contributed by atoms with Gasteiger partial charge in [-0.1, -0.05) is 54.6 Å². The Morgan fingerprint density at radius 2 is 1.67 bits per heavy atom. The lowest BCUT2D eigenvalue weighted by molar-refractivity contribution is -0.122. The fourth-order valence-electron chi connectivity index (χ4n) is 6.13. The Labute approximate surface area is 243 Å². The number of hydrogen-bond acceptors (Lipinski definition) is 3. The summed E-state index contributed by atoms with van der Waals surface area (Å²) in [6.07, 6.45) is 1.39. The highest BCUT2D eigenvalue weighted by Crippen LogP contribution is 2.47. The van der Waals surface area contributed by atoms with Gasteiger partial charge in [0.2, 0.25) is 5.91 Å². The average molecular weight is 563 g/mol. The number of nitrogens with one attached hydrogen (secondary N) is 1. The van der Waals surface area contributed by atoms with Gasteiger partial charge < -0.3 is 15.3 Å². The van der Waals surface area contributed by atoms with E-state index in [-0.39, 0.29) is 29.2 Å². The molecule has 2 N–H and O–H groups in total. The molecule has 2 amide bonds. The van der Waals surface area contributed by atoms with E-state index in [2.05, 4.69) is 17.4 Å². The van der Waals surface area contributed by atoms with Crippen LogP contribution in [0.15, 0.2) is 84.9 Å². The van der Waals surface area contributed by atoms with Gasteiger partial charge in [0, 0.05) is 31.1 Å². The molecule has 4 aromatic carbocycles. The van der Waals surface area contributed by atoms with Gasteiger partial charge in [0.1, 0.15) is 5.82 Å². The summed E-state index contributed by atoms with van der Waals surface area (Å²) in [5, 5.41) is 12.8. The first-order chi connectivity index (χ1) is 20.3. The van der Waals surface area contributed by atoms with Crippen molar-refractivity contribution >= 4 is 17.8 Å². The first kappa shape index (κ1) is 27.4. The van der Waals surface area contributed by atoms with Crippen LogP contribution in [0.4, 0.5) is 4.39 Å². The number of benzene rings is 4. The van der Waals surface area contributed by atoms with E-state index in [0.717, 1.165) is 34.2 Å². The Bertz CT molecular complexity index is 1680. The Balaban J connectivity index is 1.30. The lowest BCUT2D eigenvalue weighted by atomic mass is 9.85. The molecule has 1 aliphatic carbocycles. The Kier molecular flexibility index (Phi) is 7.33. The van der Waals surface area contributed by atoms with Crippen LogP contribution in [0.25, 0.3) is 11.1 Å². The predicted molar refractivity (Wildman–Crippen MR) is 158 cm³/mol. The van der Waals surface area contributed by atoms with Crippen LogP contribution >= 0.6 is 0 Å². The highest BCUT2D eigenvalue weighted by atomic mass is 19.1. The number of halogens is 1. The van der Waals surface area contributed by atoms with Crippen LogP contribution in [0, 0.1) is 18.7 Å². The van der Waals surface area contributed by atoms with E-state index in [9.17, 15) is 23.9 Å². The van der Waals surface area contributed by atoms with Gasteiger partial charge in [0.15, 0.2) is 0 Å². The minimum absolute atomic E-state index is 0.0155. The van der Waals surface area contributed by atoms with Gasteiger partial charge in [-0.05, 0) is 95.0 Å². The van der Waals surface area contributed by atoms with Crippen LogP contribution in [0.1, 0.15) is 60.9 Å². The molecule has 0 aromatic heterocycles. The van der Waals surface area contributed by atoms with Gasteiger partial charge in [-0.25, -0.2) is 9.18 Å². The number of nitrogens with zero attached hydrogens (tertiary/aromatic N) is 1. The Hall–Kier alpha value is -4.78. The van der Waals surface area contributed by atoms with Crippen molar-refractivity contribution in [3.05, 3.63) is 130 Å². The summed E-state index contributed by atoms with van der Waals surface area (Å²) in [5.41, 5.74) is 7.20. The molecule has 0 bridgehead atoms. The quantitative estimate of drug-likeness (QED) is 0.284. The summed E-state index contributed by atoms with van der Waals surface area (Å²) in [4.78, 5) is 40.0. The monoisotopic (exact) mass is 562 g/mol. The molecule has 212 valence electrons. The largest absolute Gasteiger partial charge is 0.478 e. The Morgan fingerprint density at radius 3 is 2.40 bits per heavy atom. The second-order valence-corrected chi connectivity index (χ2v) is 11.1. The zero-order chi connectivity index (χ0) is 29.4. The van der Waals surface area contributed by atoms with Crippen molar-refractivity contribution in [3.63, 3.8) is 0 Å². The molecule has 1 heterocycles. The normalized spacial score (nSPS) is 17.3. The second kappa shape index (κ2) is 11.2. The number of carbonyl (C=O) groups is 3. The summed E-state index contributed by atoms with van der Waals surface area (Å²) in [6, 6.07) is 24.8. The topological polar surface area (TPSA) is 86.7 Å². The number of rotatable bonds is 7. The fraction of sp³-hybridized carbons (Fsp3) is 0.229. The van der Waals surface area contributed by atoms with Gasteiger partial charge in [-0.3, -0.25) is 9.59 Å². The van der Waals surface area contributed by atoms with Crippen molar-refractivity contribution in [2.24, 2.45) is 5.92 Å². The van der Waals surface area contributed by atoms with Crippen LogP contribution in [-0.4, -0.2) is 34.3 Å². The van der Waals surface area contributed by atoms with E-state index in [1.807, 2.05) is 43.3 Å². The van der Waals surface area contributed by atoms with E-state index in [4.69, 9.17) is 0 Å². The molecule has 1 fully saturated rings. The van der Waals surface area contributed by atoms with Crippen molar-refractivity contribution in [1.82, 2.24) is 10.2 Å². The average Bonchev–Trinajstić information content (AvgIpc) is 3.81. The molecular formula is C35H31FN2O4. The molecule has 4 aromatic rings. The molecule has 0 radical (unpaired) electrons. The molecule has 0 saturated heterocycles. The third kappa shape index (κ3) is 5.30. The van der Waals surface area contributed by atoms with Crippen LogP contribution in [0.5, 0.6) is 0 Å². The zero-order valence-electron chi connectivity index (χ0n) is 23.3. The minimum atomic E-state index is -0.979. The molecule has 7 heteroatoms. The van der Waals surface area contributed by atoms with Crippen molar-refractivity contribution in [3.8, 4) is 11.1 Å². The highest BCUT2D eigenvalue weighted by molar-refractivity contribution is 5.95. The lowest BCUT2D eigenvalue weighted by Crippen LogP contribution is -2.37.